The van der Waals surface area contributed by atoms with Gasteiger partial charge < -0.3 is 5.11 Å². The van der Waals surface area contributed by atoms with Crippen molar-refractivity contribution in [1.82, 2.24) is 4.90 Å². The smallest absolute Gasteiger partial charge is 0.261 e. The molecule has 0 fully saturated rings. The van der Waals surface area contributed by atoms with Crippen LogP contribution in [0, 0.1) is 0 Å². The summed E-state index contributed by atoms with van der Waals surface area (Å²) in [5.41, 5.74) is 1.49. The van der Waals surface area contributed by atoms with Crippen LogP contribution >= 0.6 is 23.2 Å². The van der Waals surface area contributed by atoms with Crippen molar-refractivity contribution in [2.75, 3.05) is 6.54 Å². The first-order valence-corrected chi connectivity index (χ1v) is 7.36. The van der Waals surface area contributed by atoms with Crippen molar-refractivity contribution in [3.8, 4) is 5.75 Å². The molecule has 2 aromatic rings. The fourth-order valence-electron chi connectivity index (χ4n) is 2.39. The van der Waals surface area contributed by atoms with Gasteiger partial charge in [0.1, 0.15) is 5.75 Å². The van der Waals surface area contributed by atoms with E-state index in [4.69, 9.17) is 23.2 Å². The van der Waals surface area contributed by atoms with E-state index in [1.807, 2.05) is 0 Å². The Morgan fingerprint density at radius 2 is 1.41 bits per heavy atom. The Hall–Kier alpha value is -2.04. The lowest BCUT2D eigenvalue weighted by Gasteiger charge is -2.13. The zero-order valence-corrected chi connectivity index (χ0v) is 12.9. The normalized spacial score (nSPS) is 13.6. The van der Waals surface area contributed by atoms with Gasteiger partial charge in [0.2, 0.25) is 0 Å². The standard InChI is InChI=1S/C16H11Cl2NO3/c17-13-7-11-12(8-14(13)18)16(22)19(15(11)21)6-5-9-1-3-10(20)4-2-9/h1-4,7-8,20H,5-6H2. The topological polar surface area (TPSA) is 57.6 Å². The van der Waals surface area contributed by atoms with Crippen molar-refractivity contribution in [3.05, 3.63) is 63.1 Å². The van der Waals surface area contributed by atoms with Gasteiger partial charge in [0.05, 0.1) is 21.2 Å². The molecule has 0 bridgehead atoms. The highest BCUT2D eigenvalue weighted by molar-refractivity contribution is 6.43. The third-order valence-electron chi connectivity index (χ3n) is 3.57. The van der Waals surface area contributed by atoms with Gasteiger partial charge in [0.25, 0.3) is 11.8 Å². The van der Waals surface area contributed by atoms with E-state index in [-0.39, 0.29) is 45.3 Å². The van der Waals surface area contributed by atoms with Gasteiger partial charge in [-0.2, -0.15) is 0 Å². The Kier molecular flexibility index (Phi) is 3.81. The molecule has 3 rings (SSSR count). The van der Waals surface area contributed by atoms with E-state index in [9.17, 15) is 14.7 Å². The second-order valence-electron chi connectivity index (χ2n) is 4.99. The van der Waals surface area contributed by atoms with Gasteiger partial charge in [-0.05, 0) is 36.2 Å². The maximum absolute atomic E-state index is 12.3. The number of hydrogen-bond donors (Lipinski definition) is 1. The molecule has 0 saturated heterocycles. The van der Waals surface area contributed by atoms with E-state index < -0.39 is 0 Å². The van der Waals surface area contributed by atoms with Crippen LogP contribution in [0.2, 0.25) is 10.0 Å². The number of nitrogens with zero attached hydrogens (tertiary/aromatic N) is 1. The number of rotatable bonds is 3. The number of halogens is 2. The number of aromatic hydroxyl groups is 1. The number of amides is 2. The Bertz CT molecular complexity index is 731. The van der Waals surface area contributed by atoms with Crippen molar-refractivity contribution < 1.29 is 14.7 Å². The third kappa shape index (κ3) is 2.56. The summed E-state index contributed by atoms with van der Waals surface area (Å²) >= 11 is 11.8. The van der Waals surface area contributed by atoms with Crippen LogP contribution in [-0.2, 0) is 6.42 Å². The number of benzene rings is 2. The van der Waals surface area contributed by atoms with E-state index in [2.05, 4.69) is 0 Å². The molecular formula is C16H11Cl2NO3. The molecule has 1 N–H and O–H groups in total. The van der Waals surface area contributed by atoms with Gasteiger partial charge in [-0.25, -0.2) is 0 Å². The average molecular weight is 336 g/mol. The van der Waals surface area contributed by atoms with Gasteiger partial charge in [0, 0.05) is 6.54 Å². The fourth-order valence-corrected chi connectivity index (χ4v) is 2.72. The second-order valence-corrected chi connectivity index (χ2v) is 5.80. The van der Waals surface area contributed by atoms with Crippen molar-refractivity contribution in [1.29, 1.82) is 0 Å². The third-order valence-corrected chi connectivity index (χ3v) is 4.29. The molecular weight excluding hydrogens is 325 g/mol. The lowest BCUT2D eigenvalue weighted by atomic mass is 10.1. The zero-order valence-electron chi connectivity index (χ0n) is 11.3. The van der Waals surface area contributed by atoms with Gasteiger partial charge in [-0.1, -0.05) is 35.3 Å². The number of fused-ring (bicyclic) bond motifs is 1. The van der Waals surface area contributed by atoms with Gasteiger partial charge >= 0.3 is 0 Å². The molecule has 1 aliphatic rings. The molecule has 2 amide bonds. The Balaban J connectivity index is 1.80. The Morgan fingerprint density at radius 3 is 1.91 bits per heavy atom. The van der Waals surface area contributed by atoms with E-state index in [0.29, 0.717) is 6.42 Å². The van der Waals surface area contributed by atoms with Crippen LogP contribution in [-0.4, -0.2) is 28.4 Å². The van der Waals surface area contributed by atoms with Gasteiger partial charge in [-0.15, -0.1) is 0 Å². The molecule has 0 aromatic heterocycles. The molecule has 0 spiro atoms. The summed E-state index contributed by atoms with van der Waals surface area (Å²) in [5.74, 6) is -0.552. The maximum atomic E-state index is 12.3. The van der Waals surface area contributed by atoms with Crippen LogP contribution in [0.5, 0.6) is 5.75 Å². The SMILES string of the molecule is O=C1c2cc(Cl)c(Cl)cc2C(=O)N1CCc1ccc(O)cc1. The molecule has 4 nitrogen and oxygen atoms in total. The Morgan fingerprint density at radius 1 is 0.909 bits per heavy atom. The zero-order chi connectivity index (χ0) is 15.9. The van der Waals surface area contributed by atoms with Crippen LogP contribution in [0.3, 0.4) is 0 Å². The molecule has 1 heterocycles. The lowest BCUT2D eigenvalue weighted by molar-refractivity contribution is 0.0656. The van der Waals surface area contributed by atoms with Crippen LogP contribution in [0.4, 0.5) is 0 Å². The molecule has 22 heavy (non-hydrogen) atoms. The minimum atomic E-state index is -0.364. The first-order valence-electron chi connectivity index (χ1n) is 6.60. The summed E-state index contributed by atoms with van der Waals surface area (Å²) < 4.78 is 0. The first kappa shape index (κ1) is 14.9. The van der Waals surface area contributed by atoms with E-state index in [0.717, 1.165) is 5.56 Å². The number of hydrogen-bond acceptors (Lipinski definition) is 3. The molecule has 0 unspecified atom stereocenters. The highest BCUT2D eigenvalue weighted by Gasteiger charge is 2.35. The summed E-state index contributed by atoms with van der Waals surface area (Å²) in [6.07, 6.45) is 0.507. The summed E-state index contributed by atoms with van der Waals surface area (Å²) in [7, 11) is 0. The minimum absolute atomic E-state index is 0.175. The van der Waals surface area contributed by atoms with E-state index in [1.165, 1.54) is 17.0 Å². The van der Waals surface area contributed by atoms with Crippen molar-refractivity contribution in [2.45, 2.75) is 6.42 Å². The number of carbonyl (C=O) groups is 2. The largest absolute Gasteiger partial charge is 0.508 e. The van der Waals surface area contributed by atoms with Crippen molar-refractivity contribution in [2.24, 2.45) is 0 Å². The Labute approximate surface area is 136 Å². The quantitative estimate of drug-likeness (QED) is 0.873. The molecule has 6 heteroatoms. The van der Waals surface area contributed by atoms with Crippen LogP contribution in [0.1, 0.15) is 26.3 Å². The molecule has 0 radical (unpaired) electrons. The average Bonchev–Trinajstić information content (AvgIpc) is 2.71. The number of phenols is 1. The highest BCUT2D eigenvalue weighted by atomic mass is 35.5. The van der Waals surface area contributed by atoms with Crippen molar-refractivity contribution in [3.63, 3.8) is 0 Å². The highest BCUT2D eigenvalue weighted by Crippen LogP contribution is 2.31. The summed E-state index contributed by atoms with van der Waals surface area (Å²) in [6, 6.07) is 9.50. The fraction of sp³-hybridized carbons (Fsp3) is 0.125. The summed E-state index contributed by atoms with van der Waals surface area (Å²) in [4.78, 5) is 25.8. The molecule has 0 aliphatic carbocycles. The van der Waals surface area contributed by atoms with Crippen molar-refractivity contribution >= 4 is 35.0 Å². The van der Waals surface area contributed by atoms with E-state index in [1.54, 1.807) is 24.3 Å². The summed E-state index contributed by atoms with van der Waals surface area (Å²) in [6.45, 7) is 0.256. The van der Waals surface area contributed by atoms with Gasteiger partial charge in [0.15, 0.2) is 0 Å². The number of imide groups is 1. The van der Waals surface area contributed by atoms with Crippen LogP contribution in [0.15, 0.2) is 36.4 Å². The summed E-state index contributed by atoms with van der Waals surface area (Å²) in [5, 5.41) is 9.75. The molecule has 112 valence electrons. The van der Waals surface area contributed by atoms with Crippen LogP contribution in [0.25, 0.3) is 0 Å². The predicted octanol–water partition coefficient (Wildman–Crippen LogP) is 3.54. The molecule has 2 aromatic carbocycles. The molecule has 0 atom stereocenters. The molecule has 1 aliphatic heterocycles. The van der Waals surface area contributed by atoms with Gasteiger partial charge in [-0.3, -0.25) is 14.5 Å². The number of phenolic OH excluding ortho intramolecular Hbond substituents is 1. The van der Waals surface area contributed by atoms with Crippen LogP contribution < -0.4 is 0 Å². The lowest BCUT2D eigenvalue weighted by Crippen LogP contribution is -2.31. The molecule has 0 saturated carbocycles. The predicted molar refractivity (Wildman–Crippen MR) is 83.6 cm³/mol. The minimum Gasteiger partial charge on any atom is -0.508 e. The monoisotopic (exact) mass is 335 g/mol. The van der Waals surface area contributed by atoms with E-state index >= 15 is 0 Å². The number of carbonyl (C=O) groups excluding carboxylic acids is 2. The second kappa shape index (κ2) is 5.63. The maximum Gasteiger partial charge on any atom is 0.261 e. The first-order chi connectivity index (χ1) is 10.5.